The minimum Gasteiger partial charge on any atom is -0.323 e. The van der Waals surface area contributed by atoms with Gasteiger partial charge in [-0.3, -0.25) is 9.48 Å². The number of nitrogens with zero attached hydrogens (tertiary/aromatic N) is 2. The first kappa shape index (κ1) is 17.6. The smallest absolute Gasteiger partial charge is 0.248 e. The minimum atomic E-state index is -0.457. The molecule has 1 atom stereocenters. The maximum atomic E-state index is 12.6. The number of aromatic nitrogens is 2. The van der Waals surface area contributed by atoms with E-state index in [1.165, 1.54) is 0 Å². The highest BCUT2D eigenvalue weighted by Crippen LogP contribution is 2.33. The van der Waals surface area contributed by atoms with Crippen LogP contribution < -0.4 is 5.32 Å². The highest BCUT2D eigenvalue weighted by atomic mass is 35.5. The van der Waals surface area contributed by atoms with Crippen LogP contribution in [0.25, 0.3) is 0 Å². The van der Waals surface area contributed by atoms with E-state index >= 15 is 0 Å². The molecule has 0 aliphatic carbocycles. The van der Waals surface area contributed by atoms with Crippen molar-refractivity contribution in [3.05, 3.63) is 71.5 Å². The molecule has 0 aliphatic heterocycles. The number of benzene rings is 2. The van der Waals surface area contributed by atoms with Crippen molar-refractivity contribution >= 4 is 35.0 Å². The molecule has 0 saturated carbocycles. The summed E-state index contributed by atoms with van der Waals surface area (Å²) in [6, 6.07) is 17.4. The van der Waals surface area contributed by atoms with Crippen LogP contribution in [0.2, 0.25) is 5.02 Å². The molecular weight excluding hydrogens is 354 g/mol. The Balaban J connectivity index is 1.77. The van der Waals surface area contributed by atoms with E-state index in [2.05, 4.69) is 10.4 Å². The summed E-state index contributed by atoms with van der Waals surface area (Å²) in [4.78, 5) is 14.7. The molecule has 3 rings (SSSR count). The van der Waals surface area contributed by atoms with Gasteiger partial charge in [-0.2, -0.15) is 5.10 Å². The second-order valence-corrected chi connectivity index (χ2v) is 7.14. The van der Waals surface area contributed by atoms with Gasteiger partial charge in [0.05, 0.1) is 16.4 Å². The topological polar surface area (TPSA) is 46.9 Å². The van der Waals surface area contributed by atoms with E-state index in [-0.39, 0.29) is 5.91 Å². The van der Waals surface area contributed by atoms with Crippen molar-refractivity contribution in [1.82, 2.24) is 9.78 Å². The molecule has 0 spiro atoms. The third-order valence-electron chi connectivity index (χ3n) is 3.75. The molecule has 4 nitrogen and oxygen atoms in total. The Morgan fingerprint density at radius 2 is 1.84 bits per heavy atom. The normalized spacial score (nSPS) is 12.0. The summed E-state index contributed by atoms with van der Waals surface area (Å²) >= 11 is 7.65. The Hall–Kier alpha value is -2.24. The Labute approximate surface area is 156 Å². The Morgan fingerprint density at radius 3 is 2.52 bits per heavy atom. The fourth-order valence-corrected chi connectivity index (χ4v) is 3.35. The SMILES string of the molecule is Cc1nn(C(C)C(=O)Nc2ccccc2Sc2ccccc2)cc1Cl. The predicted octanol–water partition coefficient (Wildman–Crippen LogP) is 5.20. The number of para-hydroxylation sites is 1. The number of amides is 1. The summed E-state index contributed by atoms with van der Waals surface area (Å²) in [5.41, 5.74) is 1.49. The molecule has 1 unspecified atom stereocenters. The first-order chi connectivity index (χ1) is 12.0. The van der Waals surface area contributed by atoms with E-state index in [1.807, 2.05) is 61.5 Å². The van der Waals surface area contributed by atoms with Crippen molar-refractivity contribution in [2.24, 2.45) is 0 Å². The van der Waals surface area contributed by atoms with Crippen LogP contribution in [0.5, 0.6) is 0 Å². The maximum Gasteiger partial charge on any atom is 0.248 e. The number of aryl methyl sites for hydroxylation is 1. The molecule has 0 fully saturated rings. The second-order valence-electron chi connectivity index (χ2n) is 5.62. The summed E-state index contributed by atoms with van der Waals surface area (Å²) in [5, 5.41) is 7.83. The Kier molecular flexibility index (Phi) is 5.46. The number of nitrogens with one attached hydrogen (secondary N) is 1. The number of carbonyl (C=O) groups is 1. The molecule has 2 aromatic carbocycles. The van der Waals surface area contributed by atoms with Gasteiger partial charge in [0.15, 0.2) is 0 Å². The highest BCUT2D eigenvalue weighted by molar-refractivity contribution is 7.99. The van der Waals surface area contributed by atoms with Crippen molar-refractivity contribution < 1.29 is 4.79 Å². The van der Waals surface area contributed by atoms with E-state index in [4.69, 9.17) is 11.6 Å². The number of halogens is 1. The van der Waals surface area contributed by atoms with Crippen molar-refractivity contribution in [3.8, 4) is 0 Å². The van der Waals surface area contributed by atoms with Gasteiger partial charge in [-0.1, -0.05) is 53.7 Å². The van der Waals surface area contributed by atoms with E-state index < -0.39 is 6.04 Å². The van der Waals surface area contributed by atoms with Gasteiger partial charge in [0.1, 0.15) is 6.04 Å². The van der Waals surface area contributed by atoms with Crippen molar-refractivity contribution in [3.63, 3.8) is 0 Å². The third kappa shape index (κ3) is 4.24. The Morgan fingerprint density at radius 1 is 1.16 bits per heavy atom. The lowest BCUT2D eigenvalue weighted by molar-refractivity contribution is -0.119. The van der Waals surface area contributed by atoms with Crippen molar-refractivity contribution in [2.45, 2.75) is 29.7 Å². The molecule has 1 aromatic heterocycles. The number of anilines is 1. The number of rotatable bonds is 5. The molecule has 0 aliphatic rings. The average Bonchev–Trinajstić information content (AvgIpc) is 2.96. The zero-order chi connectivity index (χ0) is 17.8. The molecule has 6 heteroatoms. The highest BCUT2D eigenvalue weighted by Gasteiger charge is 2.18. The standard InChI is InChI=1S/C19H18ClN3OS/c1-13-16(20)12-23(22-13)14(2)19(24)21-17-10-6-7-11-18(17)25-15-8-4-3-5-9-15/h3-12,14H,1-2H3,(H,21,24). The van der Waals surface area contributed by atoms with Gasteiger partial charge in [0.2, 0.25) is 5.91 Å². The van der Waals surface area contributed by atoms with Crippen LogP contribution in [0.4, 0.5) is 5.69 Å². The van der Waals surface area contributed by atoms with Gasteiger partial charge in [0, 0.05) is 16.0 Å². The van der Waals surface area contributed by atoms with Crippen molar-refractivity contribution in [1.29, 1.82) is 0 Å². The predicted molar refractivity (Wildman–Crippen MR) is 102 cm³/mol. The third-order valence-corrected chi connectivity index (χ3v) is 5.20. The summed E-state index contributed by atoms with van der Waals surface area (Å²) in [7, 11) is 0. The monoisotopic (exact) mass is 371 g/mol. The first-order valence-corrected chi connectivity index (χ1v) is 9.08. The molecule has 1 N–H and O–H groups in total. The molecule has 1 amide bonds. The zero-order valence-electron chi connectivity index (χ0n) is 13.9. The molecule has 128 valence electrons. The zero-order valence-corrected chi connectivity index (χ0v) is 15.5. The molecule has 1 heterocycles. The lowest BCUT2D eigenvalue weighted by Crippen LogP contribution is -2.24. The van der Waals surface area contributed by atoms with Gasteiger partial charge in [0.25, 0.3) is 0 Å². The van der Waals surface area contributed by atoms with Gasteiger partial charge in [-0.15, -0.1) is 0 Å². The van der Waals surface area contributed by atoms with Gasteiger partial charge in [-0.05, 0) is 38.1 Å². The second kappa shape index (κ2) is 7.76. The van der Waals surface area contributed by atoms with Crippen LogP contribution >= 0.6 is 23.4 Å². The Bertz CT molecular complexity index is 860. The van der Waals surface area contributed by atoms with Gasteiger partial charge < -0.3 is 5.32 Å². The lowest BCUT2D eigenvalue weighted by atomic mass is 10.2. The summed E-state index contributed by atoms with van der Waals surface area (Å²) in [5.74, 6) is -0.139. The summed E-state index contributed by atoms with van der Waals surface area (Å²) < 4.78 is 1.58. The first-order valence-electron chi connectivity index (χ1n) is 7.88. The maximum absolute atomic E-state index is 12.6. The van der Waals surface area contributed by atoms with E-state index in [0.29, 0.717) is 10.7 Å². The van der Waals surface area contributed by atoms with E-state index in [1.54, 1.807) is 29.6 Å². The lowest BCUT2D eigenvalue weighted by Gasteiger charge is -2.15. The number of hydrogen-bond donors (Lipinski definition) is 1. The van der Waals surface area contributed by atoms with E-state index in [0.717, 1.165) is 15.5 Å². The van der Waals surface area contributed by atoms with Crippen LogP contribution in [0.3, 0.4) is 0 Å². The summed E-state index contributed by atoms with van der Waals surface area (Å²) in [6.07, 6.45) is 1.67. The number of hydrogen-bond acceptors (Lipinski definition) is 3. The number of carbonyl (C=O) groups excluding carboxylic acids is 1. The fourth-order valence-electron chi connectivity index (χ4n) is 2.29. The van der Waals surface area contributed by atoms with Gasteiger partial charge in [-0.25, -0.2) is 0 Å². The molecular formula is C19H18ClN3OS. The molecule has 0 bridgehead atoms. The minimum absolute atomic E-state index is 0.139. The van der Waals surface area contributed by atoms with Gasteiger partial charge >= 0.3 is 0 Å². The average molecular weight is 372 g/mol. The van der Waals surface area contributed by atoms with Crippen LogP contribution in [-0.4, -0.2) is 15.7 Å². The van der Waals surface area contributed by atoms with Crippen LogP contribution in [0.15, 0.2) is 70.6 Å². The van der Waals surface area contributed by atoms with E-state index in [9.17, 15) is 4.79 Å². The molecule has 0 saturated heterocycles. The fraction of sp³-hybridized carbons (Fsp3) is 0.158. The largest absolute Gasteiger partial charge is 0.323 e. The summed E-state index contributed by atoms with van der Waals surface area (Å²) in [6.45, 7) is 3.61. The van der Waals surface area contributed by atoms with Crippen LogP contribution in [0, 0.1) is 6.92 Å². The molecule has 0 radical (unpaired) electrons. The molecule has 3 aromatic rings. The van der Waals surface area contributed by atoms with Crippen LogP contribution in [0.1, 0.15) is 18.7 Å². The van der Waals surface area contributed by atoms with Crippen molar-refractivity contribution in [2.75, 3.05) is 5.32 Å². The van der Waals surface area contributed by atoms with Crippen LogP contribution in [-0.2, 0) is 4.79 Å². The molecule has 25 heavy (non-hydrogen) atoms. The quantitative estimate of drug-likeness (QED) is 0.670.